The topological polar surface area (TPSA) is 59.0 Å². The molecule has 31 heavy (non-hydrogen) atoms. The van der Waals surface area contributed by atoms with Crippen LogP contribution < -0.4 is 4.74 Å². The lowest BCUT2D eigenvalue weighted by molar-refractivity contribution is -0.142. The van der Waals surface area contributed by atoms with Gasteiger partial charge >= 0.3 is 0 Å². The highest BCUT2D eigenvalue weighted by Crippen LogP contribution is 2.36. The maximum atomic E-state index is 13.4. The van der Waals surface area contributed by atoms with Gasteiger partial charge in [0.1, 0.15) is 17.6 Å². The van der Waals surface area contributed by atoms with E-state index < -0.39 is 24.2 Å². The number of nitrogens with zero attached hydrogens (tertiary/aromatic N) is 1. The van der Waals surface area contributed by atoms with Gasteiger partial charge in [0.25, 0.3) is 5.91 Å². The molecule has 0 saturated heterocycles. The Morgan fingerprint density at radius 2 is 1.45 bits per heavy atom. The van der Waals surface area contributed by atoms with Crippen molar-refractivity contribution in [3.05, 3.63) is 108 Å². The van der Waals surface area contributed by atoms with Gasteiger partial charge in [0.2, 0.25) is 0 Å². The van der Waals surface area contributed by atoms with Crippen LogP contribution in [0.15, 0.2) is 91.1 Å². The summed E-state index contributed by atoms with van der Waals surface area (Å²) >= 11 is 0. The van der Waals surface area contributed by atoms with Gasteiger partial charge in [-0.3, -0.25) is 4.79 Å². The molecule has 5 heteroatoms. The molecular formula is C26H25NO4. The summed E-state index contributed by atoms with van der Waals surface area (Å²) in [5.41, 5.74) is 2.57. The van der Waals surface area contributed by atoms with Gasteiger partial charge in [-0.1, -0.05) is 72.8 Å². The van der Waals surface area contributed by atoms with E-state index in [1.54, 1.807) is 25.1 Å². The number of amides is 1. The van der Waals surface area contributed by atoms with Gasteiger partial charge in [-0.05, 0) is 30.2 Å². The maximum Gasteiger partial charge on any atom is 0.260 e. The molecular weight excluding hydrogens is 390 g/mol. The fourth-order valence-electron chi connectivity index (χ4n) is 3.81. The number of hydrogen-bond donors (Lipinski definition) is 1. The fourth-order valence-corrected chi connectivity index (χ4v) is 3.81. The minimum absolute atomic E-state index is 0.421. The summed E-state index contributed by atoms with van der Waals surface area (Å²) < 4.78 is 11.5. The van der Waals surface area contributed by atoms with Crippen LogP contribution in [0.2, 0.25) is 0 Å². The fraction of sp³-hybridized carbons (Fsp3) is 0.192. The van der Waals surface area contributed by atoms with E-state index in [0.29, 0.717) is 17.1 Å². The van der Waals surface area contributed by atoms with Gasteiger partial charge in [0.15, 0.2) is 6.10 Å². The van der Waals surface area contributed by atoms with Crippen LogP contribution in [0.1, 0.15) is 29.7 Å². The third-order valence-electron chi connectivity index (χ3n) is 5.40. The number of aliphatic hydroxyl groups excluding tert-OH is 1. The minimum atomic E-state index is -1.31. The molecule has 158 valence electrons. The first kappa shape index (κ1) is 20.7. The monoisotopic (exact) mass is 415 g/mol. The summed E-state index contributed by atoms with van der Waals surface area (Å²) in [4.78, 5) is 15.0. The normalized spacial score (nSPS) is 18.9. The van der Waals surface area contributed by atoms with Crippen molar-refractivity contribution in [2.24, 2.45) is 0 Å². The van der Waals surface area contributed by atoms with Crippen molar-refractivity contribution < 1.29 is 19.4 Å². The Labute approximate surface area is 182 Å². The molecule has 4 rings (SSSR count). The van der Waals surface area contributed by atoms with Gasteiger partial charge in [-0.15, -0.1) is 0 Å². The van der Waals surface area contributed by atoms with Crippen molar-refractivity contribution in [1.82, 2.24) is 4.90 Å². The summed E-state index contributed by atoms with van der Waals surface area (Å²) in [5, 5.41) is 10.7. The van der Waals surface area contributed by atoms with Crippen LogP contribution in [0.5, 0.6) is 5.75 Å². The summed E-state index contributed by atoms with van der Waals surface area (Å²) in [6.45, 7) is 1.69. The number of benzene rings is 3. The average molecular weight is 415 g/mol. The molecule has 0 fully saturated rings. The first-order valence-corrected chi connectivity index (χ1v) is 10.2. The van der Waals surface area contributed by atoms with Crippen molar-refractivity contribution in [3.8, 4) is 5.75 Å². The van der Waals surface area contributed by atoms with E-state index in [1.807, 2.05) is 84.9 Å². The summed E-state index contributed by atoms with van der Waals surface area (Å²) in [5.74, 6) is 0.669. The Bertz CT molecular complexity index is 1030. The smallest absolute Gasteiger partial charge is 0.260 e. The van der Waals surface area contributed by atoms with Crippen LogP contribution in [-0.2, 0) is 9.53 Å². The number of aliphatic hydroxyl groups is 1. The zero-order chi connectivity index (χ0) is 21.8. The van der Waals surface area contributed by atoms with Crippen molar-refractivity contribution in [3.63, 3.8) is 0 Å². The predicted molar refractivity (Wildman–Crippen MR) is 119 cm³/mol. The minimum Gasteiger partial charge on any atom is -0.496 e. The van der Waals surface area contributed by atoms with Crippen molar-refractivity contribution in [2.75, 3.05) is 7.11 Å². The van der Waals surface area contributed by atoms with E-state index in [2.05, 4.69) is 0 Å². The van der Waals surface area contributed by atoms with Crippen LogP contribution in [0.4, 0.5) is 0 Å². The van der Waals surface area contributed by atoms with E-state index in [-0.39, 0.29) is 0 Å². The molecule has 3 aromatic carbocycles. The van der Waals surface area contributed by atoms with E-state index in [1.165, 1.54) is 0 Å². The van der Waals surface area contributed by atoms with Gasteiger partial charge in [0, 0.05) is 0 Å². The lowest BCUT2D eigenvalue weighted by Crippen LogP contribution is -2.42. The standard InChI is InChI=1S/C26H25NO4/c1-18-25(28)26(29)27(17-23(31-18)21-15-9-10-16-22(21)30-2)24(19-11-5-3-6-12-19)20-13-7-4-8-14-20/h3-18,24-25,28H,1-2H3/t18-,25+/m0/s1. The number of carbonyl (C=O) groups is 1. The Balaban J connectivity index is 1.90. The van der Waals surface area contributed by atoms with E-state index in [0.717, 1.165) is 11.1 Å². The second-order valence-electron chi connectivity index (χ2n) is 7.43. The van der Waals surface area contributed by atoms with Gasteiger partial charge < -0.3 is 19.5 Å². The highest BCUT2D eigenvalue weighted by atomic mass is 16.5. The number of para-hydroxylation sites is 1. The number of carbonyl (C=O) groups excluding carboxylic acids is 1. The van der Waals surface area contributed by atoms with E-state index in [9.17, 15) is 9.90 Å². The second kappa shape index (κ2) is 9.06. The lowest BCUT2D eigenvalue weighted by Gasteiger charge is -2.30. The average Bonchev–Trinajstić information content (AvgIpc) is 2.93. The quantitative estimate of drug-likeness (QED) is 0.671. The molecule has 1 aliphatic rings. The first-order chi connectivity index (χ1) is 15.1. The highest BCUT2D eigenvalue weighted by molar-refractivity contribution is 5.86. The van der Waals surface area contributed by atoms with Crippen LogP contribution in [-0.4, -0.2) is 35.2 Å². The van der Waals surface area contributed by atoms with Crippen LogP contribution in [0.25, 0.3) is 5.76 Å². The van der Waals surface area contributed by atoms with Crippen molar-refractivity contribution in [1.29, 1.82) is 0 Å². The molecule has 0 aliphatic carbocycles. The van der Waals surface area contributed by atoms with Gasteiger partial charge in [-0.25, -0.2) is 0 Å². The molecule has 1 N–H and O–H groups in total. The SMILES string of the molecule is COc1ccccc1C1=CN(C(c2ccccc2)c2ccccc2)C(=O)[C@H](O)[C@H](C)O1. The zero-order valence-electron chi connectivity index (χ0n) is 17.5. The predicted octanol–water partition coefficient (Wildman–Crippen LogP) is 4.39. The summed E-state index contributed by atoms with van der Waals surface area (Å²) in [6.07, 6.45) is -0.350. The largest absolute Gasteiger partial charge is 0.496 e. The number of methoxy groups -OCH3 is 1. The lowest BCUT2D eigenvalue weighted by atomic mass is 9.96. The number of rotatable bonds is 5. The molecule has 0 saturated carbocycles. The van der Waals surface area contributed by atoms with E-state index in [4.69, 9.17) is 9.47 Å². The second-order valence-corrected chi connectivity index (χ2v) is 7.43. The molecule has 1 aliphatic heterocycles. The van der Waals surface area contributed by atoms with Crippen molar-refractivity contribution >= 4 is 11.7 Å². The van der Waals surface area contributed by atoms with Crippen LogP contribution in [0.3, 0.4) is 0 Å². The van der Waals surface area contributed by atoms with Crippen molar-refractivity contribution in [2.45, 2.75) is 25.2 Å². The molecule has 3 aromatic rings. The summed E-state index contributed by atoms with van der Waals surface area (Å²) in [6, 6.07) is 26.6. The third-order valence-corrected chi connectivity index (χ3v) is 5.40. The molecule has 0 unspecified atom stereocenters. The Morgan fingerprint density at radius 3 is 2.03 bits per heavy atom. The number of hydrogen-bond acceptors (Lipinski definition) is 4. The molecule has 0 aromatic heterocycles. The third kappa shape index (κ3) is 4.18. The molecule has 0 bridgehead atoms. The Morgan fingerprint density at radius 1 is 0.903 bits per heavy atom. The highest BCUT2D eigenvalue weighted by Gasteiger charge is 2.37. The summed E-state index contributed by atoms with van der Waals surface area (Å²) in [7, 11) is 1.59. The maximum absolute atomic E-state index is 13.4. The molecule has 2 atom stereocenters. The van der Waals surface area contributed by atoms with Crippen LogP contribution >= 0.6 is 0 Å². The molecule has 5 nitrogen and oxygen atoms in total. The molecule has 0 spiro atoms. The Kier molecular flexibility index (Phi) is 6.05. The van der Waals surface area contributed by atoms with Gasteiger partial charge in [-0.2, -0.15) is 0 Å². The Hall–Kier alpha value is -3.57. The first-order valence-electron chi connectivity index (χ1n) is 10.2. The van der Waals surface area contributed by atoms with Gasteiger partial charge in [0.05, 0.1) is 24.9 Å². The molecule has 1 amide bonds. The zero-order valence-corrected chi connectivity index (χ0v) is 17.5. The molecule has 0 radical (unpaired) electrons. The van der Waals surface area contributed by atoms with Crippen LogP contribution in [0, 0.1) is 0 Å². The number of ether oxygens (including phenoxy) is 2. The van der Waals surface area contributed by atoms with E-state index >= 15 is 0 Å². The molecule has 1 heterocycles.